The normalized spacial score (nSPS) is 32.7. The molecular formula is C12H22O3. The number of ether oxygens (including phenoxy) is 1. The summed E-state index contributed by atoms with van der Waals surface area (Å²) in [4.78, 5) is 11.7. The number of hydrogen-bond acceptors (Lipinski definition) is 3. The number of rotatable bonds is 4. The van der Waals surface area contributed by atoms with E-state index in [4.69, 9.17) is 4.74 Å². The molecule has 1 aliphatic rings. The van der Waals surface area contributed by atoms with Crippen molar-refractivity contribution < 1.29 is 14.6 Å². The minimum Gasteiger partial charge on any atom is -0.466 e. The highest BCUT2D eigenvalue weighted by atomic mass is 16.5. The lowest BCUT2D eigenvalue weighted by molar-refractivity contribution is -0.158. The van der Waals surface area contributed by atoms with Gasteiger partial charge in [-0.05, 0) is 38.5 Å². The summed E-state index contributed by atoms with van der Waals surface area (Å²) in [5.74, 6) is -0.0718. The average molecular weight is 214 g/mol. The first kappa shape index (κ1) is 12.5. The molecule has 0 radical (unpaired) electrons. The number of aliphatic hydroxyl groups is 1. The fraction of sp³-hybridized carbons (Fsp3) is 0.917. The fourth-order valence-corrected chi connectivity index (χ4v) is 2.63. The van der Waals surface area contributed by atoms with Crippen LogP contribution in [0.4, 0.5) is 0 Å². The maximum absolute atomic E-state index is 11.7. The van der Waals surface area contributed by atoms with Crippen LogP contribution in [-0.2, 0) is 9.53 Å². The monoisotopic (exact) mass is 214 g/mol. The molecular weight excluding hydrogens is 192 g/mol. The topological polar surface area (TPSA) is 46.5 Å². The molecule has 3 heteroatoms. The van der Waals surface area contributed by atoms with Crippen LogP contribution in [0.1, 0.15) is 46.5 Å². The van der Waals surface area contributed by atoms with Crippen molar-refractivity contribution in [2.24, 2.45) is 11.8 Å². The quantitative estimate of drug-likeness (QED) is 0.729. The molecule has 1 fully saturated rings. The van der Waals surface area contributed by atoms with Crippen LogP contribution in [-0.4, -0.2) is 23.3 Å². The molecule has 0 aromatic heterocycles. The van der Waals surface area contributed by atoms with E-state index in [0.717, 1.165) is 19.3 Å². The molecule has 0 aliphatic heterocycles. The van der Waals surface area contributed by atoms with Gasteiger partial charge in [0, 0.05) is 0 Å². The fourth-order valence-electron chi connectivity index (χ4n) is 2.63. The Labute approximate surface area is 91.8 Å². The van der Waals surface area contributed by atoms with Crippen molar-refractivity contribution in [2.45, 2.75) is 52.1 Å². The molecule has 1 saturated carbocycles. The Kier molecular flexibility index (Phi) is 4.14. The van der Waals surface area contributed by atoms with Crippen LogP contribution in [0, 0.1) is 11.8 Å². The first-order valence-electron chi connectivity index (χ1n) is 5.92. The Morgan fingerprint density at radius 2 is 2.27 bits per heavy atom. The standard InChI is InChI=1S/C12H22O3/c1-4-10(11(13)15-5-2)12(14)7-6-9(3)8-12/h9-10,14H,4-8H2,1-3H3. The van der Waals surface area contributed by atoms with E-state index < -0.39 is 5.60 Å². The number of hydrogen-bond donors (Lipinski definition) is 1. The van der Waals surface area contributed by atoms with Gasteiger partial charge >= 0.3 is 5.97 Å². The first-order chi connectivity index (χ1) is 7.03. The summed E-state index contributed by atoms with van der Waals surface area (Å²) < 4.78 is 5.01. The Hall–Kier alpha value is -0.570. The highest BCUT2D eigenvalue weighted by molar-refractivity contribution is 5.73. The third-order valence-electron chi connectivity index (χ3n) is 3.40. The molecule has 0 spiro atoms. The third-order valence-corrected chi connectivity index (χ3v) is 3.40. The molecule has 1 aliphatic carbocycles. The molecule has 3 unspecified atom stereocenters. The summed E-state index contributed by atoms with van der Waals surface area (Å²) in [6.45, 7) is 6.24. The minimum atomic E-state index is -0.819. The summed E-state index contributed by atoms with van der Waals surface area (Å²) in [5, 5.41) is 10.4. The molecule has 15 heavy (non-hydrogen) atoms. The van der Waals surface area contributed by atoms with Gasteiger partial charge in [-0.2, -0.15) is 0 Å². The summed E-state index contributed by atoms with van der Waals surface area (Å²) in [5.41, 5.74) is -0.819. The predicted octanol–water partition coefficient (Wildman–Crippen LogP) is 2.13. The van der Waals surface area contributed by atoms with Gasteiger partial charge in [0.05, 0.1) is 18.1 Å². The highest BCUT2D eigenvalue weighted by Gasteiger charge is 2.45. The summed E-state index contributed by atoms with van der Waals surface area (Å²) in [6, 6.07) is 0. The van der Waals surface area contributed by atoms with E-state index in [-0.39, 0.29) is 11.9 Å². The summed E-state index contributed by atoms with van der Waals surface area (Å²) in [7, 11) is 0. The smallest absolute Gasteiger partial charge is 0.311 e. The zero-order chi connectivity index (χ0) is 11.5. The SMILES string of the molecule is CCOC(=O)C(CC)C1(O)CCC(C)C1. The third kappa shape index (κ3) is 2.71. The van der Waals surface area contributed by atoms with Crippen LogP contribution in [0.15, 0.2) is 0 Å². The molecule has 88 valence electrons. The van der Waals surface area contributed by atoms with E-state index in [1.165, 1.54) is 0 Å². The largest absolute Gasteiger partial charge is 0.466 e. The van der Waals surface area contributed by atoms with Crippen molar-refractivity contribution in [3.05, 3.63) is 0 Å². The second-order valence-electron chi connectivity index (χ2n) is 4.66. The molecule has 0 amide bonds. The molecule has 0 bridgehead atoms. The minimum absolute atomic E-state index is 0.239. The van der Waals surface area contributed by atoms with E-state index in [1.807, 2.05) is 6.92 Å². The van der Waals surface area contributed by atoms with Crippen molar-refractivity contribution >= 4 is 5.97 Å². The molecule has 3 nitrogen and oxygen atoms in total. The molecule has 1 rings (SSSR count). The highest BCUT2D eigenvalue weighted by Crippen LogP contribution is 2.41. The van der Waals surface area contributed by atoms with E-state index >= 15 is 0 Å². The zero-order valence-electron chi connectivity index (χ0n) is 9.95. The van der Waals surface area contributed by atoms with E-state index in [2.05, 4.69) is 6.92 Å². The summed E-state index contributed by atoms with van der Waals surface area (Å²) >= 11 is 0. The Morgan fingerprint density at radius 1 is 1.60 bits per heavy atom. The number of esters is 1. The van der Waals surface area contributed by atoms with Crippen molar-refractivity contribution in [1.29, 1.82) is 0 Å². The van der Waals surface area contributed by atoms with Gasteiger partial charge in [-0.3, -0.25) is 4.79 Å². The molecule has 1 N–H and O–H groups in total. The molecule has 0 heterocycles. The lowest BCUT2D eigenvalue weighted by atomic mass is 9.83. The molecule has 0 saturated heterocycles. The second kappa shape index (κ2) is 4.97. The van der Waals surface area contributed by atoms with Crippen molar-refractivity contribution in [1.82, 2.24) is 0 Å². The first-order valence-corrected chi connectivity index (χ1v) is 5.92. The second-order valence-corrected chi connectivity index (χ2v) is 4.66. The molecule has 0 aromatic rings. The van der Waals surface area contributed by atoms with Crippen LogP contribution in [0.3, 0.4) is 0 Å². The van der Waals surface area contributed by atoms with Crippen LogP contribution in [0.2, 0.25) is 0 Å². The van der Waals surface area contributed by atoms with Gasteiger partial charge in [0.15, 0.2) is 0 Å². The van der Waals surface area contributed by atoms with Gasteiger partial charge in [0.2, 0.25) is 0 Å². The van der Waals surface area contributed by atoms with E-state index in [1.54, 1.807) is 6.92 Å². The van der Waals surface area contributed by atoms with Gasteiger partial charge < -0.3 is 9.84 Å². The zero-order valence-corrected chi connectivity index (χ0v) is 9.95. The number of carbonyl (C=O) groups is 1. The number of carbonyl (C=O) groups excluding carboxylic acids is 1. The van der Waals surface area contributed by atoms with Crippen LogP contribution in [0.5, 0.6) is 0 Å². The van der Waals surface area contributed by atoms with Crippen molar-refractivity contribution in [2.75, 3.05) is 6.61 Å². The van der Waals surface area contributed by atoms with E-state index in [9.17, 15) is 9.90 Å². The Balaban J connectivity index is 2.69. The maximum Gasteiger partial charge on any atom is 0.311 e. The molecule has 3 atom stereocenters. The van der Waals surface area contributed by atoms with Crippen LogP contribution >= 0.6 is 0 Å². The predicted molar refractivity (Wildman–Crippen MR) is 58.4 cm³/mol. The Morgan fingerprint density at radius 3 is 2.67 bits per heavy atom. The van der Waals surface area contributed by atoms with Crippen LogP contribution in [0.25, 0.3) is 0 Å². The lowest BCUT2D eigenvalue weighted by Gasteiger charge is -2.30. The summed E-state index contributed by atoms with van der Waals surface area (Å²) in [6.07, 6.45) is 3.12. The Bertz CT molecular complexity index is 227. The van der Waals surface area contributed by atoms with Gasteiger partial charge in [-0.1, -0.05) is 13.8 Å². The van der Waals surface area contributed by atoms with Gasteiger partial charge in [-0.25, -0.2) is 0 Å². The maximum atomic E-state index is 11.7. The van der Waals surface area contributed by atoms with Crippen molar-refractivity contribution in [3.63, 3.8) is 0 Å². The van der Waals surface area contributed by atoms with Gasteiger partial charge in [0.1, 0.15) is 0 Å². The lowest BCUT2D eigenvalue weighted by Crippen LogP contribution is -2.40. The molecule has 0 aromatic carbocycles. The van der Waals surface area contributed by atoms with Gasteiger partial charge in [0.25, 0.3) is 0 Å². The average Bonchev–Trinajstić information content (AvgIpc) is 2.48. The van der Waals surface area contributed by atoms with Crippen molar-refractivity contribution in [3.8, 4) is 0 Å². The van der Waals surface area contributed by atoms with Crippen LogP contribution < -0.4 is 0 Å². The van der Waals surface area contributed by atoms with Gasteiger partial charge in [-0.15, -0.1) is 0 Å². The van der Waals surface area contributed by atoms with E-state index in [0.29, 0.717) is 18.9 Å².